The van der Waals surface area contributed by atoms with Crippen molar-refractivity contribution >= 4 is 11.0 Å². The number of hydrogen-bond acceptors (Lipinski definition) is 0. The molecule has 1 aromatic rings. The van der Waals surface area contributed by atoms with Gasteiger partial charge in [0.2, 0.25) is 0 Å². The van der Waals surface area contributed by atoms with Gasteiger partial charge in [-0.05, 0) is 0 Å². The van der Waals surface area contributed by atoms with Gasteiger partial charge in [-0.1, -0.05) is 50.1 Å². The molecule has 0 spiro atoms. The number of hydrogen-bond donors (Lipinski definition) is 0. The van der Waals surface area contributed by atoms with Gasteiger partial charge in [0.05, 0.1) is 0 Å². The van der Waals surface area contributed by atoms with Crippen LogP contribution < -0.4 is 24.8 Å². The van der Waals surface area contributed by atoms with Crippen molar-refractivity contribution in [2.24, 2.45) is 5.92 Å². The number of halogens is 2. The van der Waals surface area contributed by atoms with E-state index >= 15 is 0 Å². The van der Waals surface area contributed by atoms with E-state index in [1.165, 1.54) is 22.3 Å². The average molecular weight is 469 g/mol. The molecular formula is C21H26Cl2SiZr-2. The van der Waals surface area contributed by atoms with Gasteiger partial charge in [-0.3, -0.25) is 12.2 Å². The van der Waals surface area contributed by atoms with Gasteiger partial charge < -0.3 is 24.8 Å². The van der Waals surface area contributed by atoms with E-state index in [0.29, 0.717) is 5.92 Å². The van der Waals surface area contributed by atoms with Gasteiger partial charge >= 0.3 is 41.9 Å². The molecule has 0 aromatic heterocycles. The molecule has 25 heavy (non-hydrogen) atoms. The van der Waals surface area contributed by atoms with Crippen LogP contribution in [0, 0.1) is 18.1 Å². The summed E-state index contributed by atoms with van der Waals surface area (Å²) in [4.78, 5) is 0. The van der Waals surface area contributed by atoms with E-state index in [2.05, 4.69) is 88.5 Å². The van der Waals surface area contributed by atoms with E-state index in [0.717, 1.165) is 6.42 Å². The fourth-order valence-corrected chi connectivity index (χ4v) is 2.23. The Bertz CT molecular complexity index is 621. The molecule has 0 saturated carbocycles. The molecule has 2 aliphatic carbocycles. The molecule has 4 heteroatoms. The number of benzene rings is 1. The maximum absolute atomic E-state index is 3.29. The van der Waals surface area contributed by atoms with E-state index in [1.807, 2.05) is 6.07 Å². The van der Waals surface area contributed by atoms with Crippen LogP contribution in [0.2, 0.25) is 13.1 Å². The number of allylic oxidation sites excluding steroid dienone is 8. The molecule has 0 bridgehead atoms. The summed E-state index contributed by atoms with van der Waals surface area (Å²) in [7, 11) is 0. The van der Waals surface area contributed by atoms with Crippen LogP contribution in [0.4, 0.5) is 0 Å². The van der Waals surface area contributed by atoms with Crippen molar-refractivity contribution in [1.82, 2.24) is 0 Å². The minimum atomic E-state index is 0. The van der Waals surface area contributed by atoms with Crippen molar-refractivity contribution in [3.63, 3.8) is 0 Å². The first-order chi connectivity index (χ1) is 10.9. The summed E-state index contributed by atoms with van der Waals surface area (Å²) >= 11 is 1.74. The van der Waals surface area contributed by atoms with Crippen LogP contribution in [-0.4, -0.2) is 5.43 Å². The van der Waals surface area contributed by atoms with E-state index in [9.17, 15) is 0 Å². The quantitative estimate of drug-likeness (QED) is 0.401. The molecule has 0 nitrogen and oxygen atoms in total. The minimum absolute atomic E-state index is 0. The molecule has 1 unspecified atom stereocenters. The summed E-state index contributed by atoms with van der Waals surface area (Å²) in [5.74, 6) is 0.551. The predicted molar refractivity (Wildman–Crippen MR) is 99.7 cm³/mol. The van der Waals surface area contributed by atoms with Crippen LogP contribution in [0.1, 0.15) is 32.8 Å². The molecule has 0 aliphatic heterocycles. The van der Waals surface area contributed by atoms with Gasteiger partial charge in [-0.15, -0.1) is 18.9 Å². The van der Waals surface area contributed by atoms with Crippen molar-refractivity contribution in [2.45, 2.75) is 40.3 Å². The first-order valence-electron chi connectivity index (χ1n) is 8.03. The Morgan fingerprint density at radius 1 is 1.08 bits per heavy atom. The Kier molecular flexibility index (Phi) is 16.2. The van der Waals surface area contributed by atoms with Crippen molar-refractivity contribution < 1.29 is 48.1 Å². The molecule has 0 amide bonds. The second-order valence-corrected chi connectivity index (χ2v) is 15.4. The summed E-state index contributed by atoms with van der Waals surface area (Å²) in [6.45, 7) is 11.0. The Balaban J connectivity index is 0. The fraction of sp³-hybridized carbons (Fsp3) is 0.333. The molecule has 0 radical (unpaired) electrons. The van der Waals surface area contributed by atoms with E-state index < -0.39 is 0 Å². The van der Waals surface area contributed by atoms with E-state index in [4.69, 9.17) is 0 Å². The molecule has 3 rings (SSSR count). The van der Waals surface area contributed by atoms with Gasteiger partial charge in [0, 0.05) is 0 Å². The minimum Gasteiger partial charge on any atom is -1.00 e. The van der Waals surface area contributed by atoms with Crippen molar-refractivity contribution in [3.8, 4) is 0 Å². The Labute approximate surface area is 181 Å². The zero-order valence-electron chi connectivity index (χ0n) is 15.7. The summed E-state index contributed by atoms with van der Waals surface area (Å²) in [5, 5.41) is 0. The first-order valence-corrected chi connectivity index (χ1v) is 14.2. The Morgan fingerprint density at radius 2 is 1.64 bits per heavy atom. The Hall–Kier alpha value is -0.140. The summed E-state index contributed by atoms with van der Waals surface area (Å²) in [6, 6.07) is 10.4. The molecule has 1 atom stereocenters. The van der Waals surface area contributed by atoms with Gasteiger partial charge in [0.15, 0.2) is 0 Å². The molecule has 2 aliphatic rings. The summed E-state index contributed by atoms with van der Waals surface area (Å²) in [6.07, 6.45) is 13.9. The van der Waals surface area contributed by atoms with Gasteiger partial charge in [0.25, 0.3) is 0 Å². The second-order valence-electron chi connectivity index (χ2n) is 5.99. The van der Waals surface area contributed by atoms with Crippen LogP contribution in [0.25, 0.3) is 5.57 Å². The topological polar surface area (TPSA) is 0 Å². The normalized spacial score (nSPS) is 16.6. The third kappa shape index (κ3) is 12.0. The molecule has 1 aromatic carbocycles. The summed E-state index contributed by atoms with van der Waals surface area (Å²) < 4.78 is 0. The maximum atomic E-state index is 3.29. The van der Waals surface area contributed by atoms with Crippen LogP contribution in [0.5, 0.6) is 0 Å². The second kappa shape index (κ2) is 15.0. The van der Waals surface area contributed by atoms with Gasteiger partial charge in [-0.2, -0.15) is 17.7 Å². The summed E-state index contributed by atoms with van der Waals surface area (Å²) in [5.41, 5.74) is 5.50. The fourth-order valence-electron chi connectivity index (χ4n) is 2.23. The smallest absolute Gasteiger partial charge is 0.0623 e. The number of rotatable bonds is 1. The first kappa shape index (κ1) is 27.1. The van der Waals surface area contributed by atoms with E-state index in [1.54, 1.807) is 23.3 Å². The monoisotopic (exact) mass is 466 g/mol. The molecule has 0 heterocycles. The predicted octanol–water partition coefficient (Wildman–Crippen LogP) is -0.0427. The van der Waals surface area contributed by atoms with Crippen molar-refractivity contribution in [2.75, 3.05) is 0 Å². The Morgan fingerprint density at radius 3 is 1.96 bits per heavy atom. The largest absolute Gasteiger partial charge is 1.00 e. The maximum Gasteiger partial charge on any atom is -0.0623 e. The standard InChI is InChI=1S/C11H9.C8H11.C2H6Si.2ClH.Zr/c1-2-6-10(7-3-1)11-8-4-5-9-11;1-6-4-7(2)8(3)5-6;1-3-2;;;/h1-3,6-9H,4H2;4,6H,1-3H3;1-2H3;2*1H;/q2*-1;;;;+2/p-2. The third-order valence-corrected chi connectivity index (χ3v) is 3.34. The molecular weight excluding hydrogens is 442 g/mol. The van der Waals surface area contributed by atoms with Crippen molar-refractivity contribution in [3.05, 3.63) is 77.4 Å². The van der Waals surface area contributed by atoms with Gasteiger partial charge in [-0.25, -0.2) is 17.2 Å². The van der Waals surface area contributed by atoms with Gasteiger partial charge in [0.1, 0.15) is 0 Å². The molecule has 0 N–H and O–H groups in total. The van der Waals surface area contributed by atoms with E-state index in [-0.39, 0.29) is 30.2 Å². The van der Waals surface area contributed by atoms with Crippen LogP contribution in [-0.2, 0) is 23.3 Å². The van der Waals surface area contributed by atoms with Crippen LogP contribution in [0.3, 0.4) is 0 Å². The zero-order valence-corrected chi connectivity index (χ0v) is 20.6. The van der Waals surface area contributed by atoms with Crippen LogP contribution >= 0.6 is 0 Å². The zero-order chi connectivity index (χ0) is 17.2. The molecule has 134 valence electrons. The third-order valence-electron chi connectivity index (χ3n) is 3.34. The molecule has 0 fully saturated rings. The van der Waals surface area contributed by atoms with Crippen LogP contribution in [0.15, 0.2) is 59.7 Å². The average Bonchev–Trinajstić information content (AvgIpc) is 3.11. The molecule has 0 saturated heterocycles. The van der Waals surface area contributed by atoms with Crippen molar-refractivity contribution in [1.29, 1.82) is 0 Å². The SMILES string of the molecule is CC1=[C-]C(C)C=C1C.C[Si](C)=[Zr+2].[C-]1=CC(c2ccccc2)=CC1.[Cl-].[Cl-].